The molecule has 5 heteroatoms. The average Bonchev–Trinajstić information content (AvgIpc) is 2.29. The Balaban J connectivity index is 2.50. The molecule has 94 valence electrons. The van der Waals surface area contributed by atoms with Crippen molar-refractivity contribution < 1.29 is 13.9 Å². The topological polar surface area (TPSA) is 29.5 Å². The number of carbonyl (C=O) groups excluding carboxylic acids is 1. The molecule has 0 heterocycles. The van der Waals surface area contributed by atoms with E-state index in [9.17, 15) is 9.18 Å². The zero-order valence-electron chi connectivity index (χ0n) is 9.87. The summed E-state index contributed by atoms with van der Waals surface area (Å²) < 4.78 is 18.0. The minimum Gasteiger partial charge on any atom is -0.469 e. The molecule has 1 aromatic carbocycles. The fourth-order valence-electron chi connectivity index (χ4n) is 1.40. The van der Waals surface area contributed by atoms with Gasteiger partial charge in [-0.15, -0.1) is 0 Å². The largest absolute Gasteiger partial charge is 0.469 e. The van der Waals surface area contributed by atoms with Gasteiger partial charge in [-0.05, 0) is 19.2 Å². The molecule has 0 atom stereocenters. The highest BCUT2D eigenvalue weighted by molar-refractivity contribution is 6.30. The van der Waals surface area contributed by atoms with E-state index >= 15 is 0 Å². The molecule has 0 spiro atoms. The van der Waals surface area contributed by atoms with E-state index in [4.69, 9.17) is 11.6 Å². The number of ether oxygens (including phenoxy) is 1. The number of nitrogens with zero attached hydrogens (tertiary/aromatic N) is 1. The van der Waals surface area contributed by atoms with Crippen LogP contribution in [0.5, 0.6) is 0 Å². The number of esters is 1. The van der Waals surface area contributed by atoms with Crippen molar-refractivity contribution in [3.63, 3.8) is 0 Å². The van der Waals surface area contributed by atoms with E-state index in [2.05, 4.69) is 4.74 Å². The summed E-state index contributed by atoms with van der Waals surface area (Å²) in [5.74, 6) is -0.601. The van der Waals surface area contributed by atoms with Gasteiger partial charge in [0.1, 0.15) is 5.82 Å². The number of rotatable bonds is 5. The quantitative estimate of drug-likeness (QED) is 0.761. The lowest BCUT2D eigenvalue weighted by atomic mass is 10.2. The predicted molar refractivity (Wildman–Crippen MR) is 64.4 cm³/mol. The van der Waals surface area contributed by atoms with Crippen LogP contribution in [0.4, 0.5) is 4.39 Å². The molecule has 3 nitrogen and oxygen atoms in total. The first-order valence-corrected chi connectivity index (χ1v) is 5.60. The molecule has 0 fully saturated rings. The van der Waals surface area contributed by atoms with E-state index < -0.39 is 0 Å². The van der Waals surface area contributed by atoms with Crippen molar-refractivity contribution in [2.24, 2.45) is 0 Å². The van der Waals surface area contributed by atoms with Crippen LogP contribution in [-0.4, -0.2) is 31.6 Å². The molecule has 0 N–H and O–H groups in total. The maximum absolute atomic E-state index is 13.5. The van der Waals surface area contributed by atoms with E-state index in [1.807, 2.05) is 11.9 Å². The van der Waals surface area contributed by atoms with Gasteiger partial charge in [0.2, 0.25) is 0 Å². The molecule has 0 aliphatic heterocycles. The number of benzene rings is 1. The maximum atomic E-state index is 13.5. The Morgan fingerprint density at radius 2 is 2.24 bits per heavy atom. The van der Waals surface area contributed by atoms with Crippen molar-refractivity contribution in [3.8, 4) is 0 Å². The summed E-state index contributed by atoms with van der Waals surface area (Å²) in [5.41, 5.74) is 0.557. The van der Waals surface area contributed by atoms with E-state index in [-0.39, 0.29) is 11.8 Å². The molecule has 0 radical (unpaired) electrons. The van der Waals surface area contributed by atoms with Gasteiger partial charge in [0.05, 0.1) is 13.5 Å². The molecule has 0 saturated heterocycles. The minimum absolute atomic E-state index is 0.270. The number of halogens is 2. The van der Waals surface area contributed by atoms with Gasteiger partial charge in [0.15, 0.2) is 0 Å². The second kappa shape index (κ2) is 6.57. The molecular weight excluding hydrogens is 245 g/mol. The summed E-state index contributed by atoms with van der Waals surface area (Å²) in [6.45, 7) is 0.953. The third-order valence-corrected chi connectivity index (χ3v) is 2.62. The van der Waals surface area contributed by atoms with E-state index in [1.54, 1.807) is 12.1 Å². The first-order chi connectivity index (χ1) is 8.02. The predicted octanol–water partition coefficient (Wildman–Crippen LogP) is 2.47. The minimum atomic E-state index is -0.331. The molecule has 0 bridgehead atoms. The van der Waals surface area contributed by atoms with Crippen molar-refractivity contribution in [2.45, 2.75) is 13.0 Å². The lowest BCUT2D eigenvalue weighted by molar-refractivity contribution is -0.140. The molecule has 1 rings (SSSR count). The second-order valence-electron chi connectivity index (χ2n) is 3.80. The first kappa shape index (κ1) is 13.9. The number of carbonyl (C=O) groups is 1. The number of hydrogen-bond acceptors (Lipinski definition) is 3. The third-order valence-electron chi connectivity index (χ3n) is 2.38. The van der Waals surface area contributed by atoms with Crippen LogP contribution in [0.2, 0.25) is 5.02 Å². The fraction of sp³-hybridized carbons (Fsp3) is 0.417. The Labute approximate surface area is 105 Å². The van der Waals surface area contributed by atoms with Gasteiger partial charge in [0.25, 0.3) is 0 Å². The zero-order valence-corrected chi connectivity index (χ0v) is 10.6. The van der Waals surface area contributed by atoms with Gasteiger partial charge in [0, 0.05) is 23.7 Å². The van der Waals surface area contributed by atoms with Crippen LogP contribution < -0.4 is 0 Å². The molecule has 0 unspecified atom stereocenters. The summed E-state index contributed by atoms with van der Waals surface area (Å²) in [6.07, 6.45) is 0.294. The highest BCUT2D eigenvalue weighted by atomic mass is 35.5. The van der Waals surface area contributed by atoms with Crippen LogP contribution in [0.1, 0.15) is 12.0 Å². The van der Waals surface area contributed by atoms with Crippen LogP contribution in [-0.2, 0) is 16.1 Å². The fourth-order valence-corrected chi connectivity index (χ4v) is 1.56. The zero-order chi connectivity index (χ0) is 12.8. The average molecular weight is 260 g/mol. The lowest BCUT2D eigenvalue weighted by Crippen LogP contribution is -2.22. The SMILES string of the molecule is COC(=O)CCN(C)Cc1ccc(Cl)cc1F. The van der Waals surface area contributed by atoms with E-state index in [0.29, 0.717) is 30.1 Å². The van der Waals surface area contributed by atoms with Crippen molar-refractivity contribution in [2.75, 3.05) is 20.7 Å². The standard InChI is InChI=1S/C12H15ClFNO2/c1-15(6-5-12(16)17-2)8-9-3-4-10(13)7-11(9)14/h3-4,7H,5-6,8H2,1-2H3. The van der Waals surface area contributed by atoms with Gasteiger partial charge in [-0.25, -0.2) is 4.39 Å². The molecule has 0 aliphatic rings. The summed E-state index contributed by atoms with van der Waals surface area (Å²) >= 11 is 5.66. The van der Waals surface area contributed by atoms with Gasteiger partial charge < -0.3 is 9.64 Å². The molecule has 0 aromatic heterocycles. The lowest BCUT2D eigenvalue weighted by Gasteiger charge is -2.16. The summed E-state index contributed by atoms with van der Waals surface area (Å²) in [5, 5.41) is 0.378. The Hall–Kier alpha value is -1.13. The van der Waals surface area contributed by atoms with Gasteiger partial charge in [-0.2, -0.15) is 0 Å². The van der Waals surface area contributed by atoms with Crippen LogP contribution in [0.3, 0.4) is 0 Å². The number of hydrogen-bond donors (Lipinski definition) is 0. The highest BCUT2D eigenvalue weighted by Crippen LogP contribution is 2.15. The van der Waals surface area contributed by atoms with Crippen molar-refractivity contribution >= 4 is 17.6 Å². The van der Waals surface area contributed by atoms with Gasteiger partial charge in [-0.1, -0.05) is 17.7 Å². The Morgan fingerprint density at radius 1 is 1.53 bits per heavy atom. The summed E-state index contributed by atoms with van der Waals surface area (Å²) in [6, 6.07) is 4.57. The number of methoxy groups -OCH3 is 1. The Morgan fingerprint density at radius 3 is 2.82 bits per heavy atom. The molecular formula is C12H15ClFNO2. The smallest absolute Gasteiger partial charge is 0.306 e. The van der Waals surface area contributed by atoms with E-state index in [0.717, 1.165) is 0 Å². The van der Waals surface area contributed by atoms with Crippen LogP contribution >= 0.6 is 11.6 Å². The Kier molecular flexibility index (Phi) is 5.38. The maximum Gasteiger partial charge on any atom is 0.306 e. The van der Waals surface area contributed by atoms with Crippen molar-refractivity contribution in [3.05, 3.63) is 34.6 Å². The van der Waals surface area contributed by atoms with Crippen LogP contribution in [0.25, 0.3) is 0 Å². The molecule has 0 aliphatic carbocycles. The summed E-state index contributed by atoms with van der Waals surface area (Å²) in [4.78, 5) is 12.8. The molecule has 1 aromatic rings. The van der Waals surface area contributed by atoms with Crippen LogP contribution in [0.15, 0.2) is 18.2 Å². The molecule has 0 saturated carbocycles. The van der Waals surface area contributed by atoms with Crippen molar-refractivity contribution in [1.29, 1.82) is 0 Å². The van der Waals surface area contributed by atoms with Crippen LogP contribution in [0, 0.1) is 5.82 Å². The normalized spacial score (nSPS) is 10.6. The molecule has 17 heavy (non-hydrogen) atoms. The third kappa shape index (κ3) is 4.71. The second-order valence-corrected chi connectivity index (χ2v) is 4.24. The Bertz CT molecular complexity index is 398. The van der Waals surface area contributed by atoms with Gasteiger partial charge >= 0.3 is 5.97 Å². The van der Waals surface area contributed by atoms with Gasteiger partial charge in [-0.3, -0.25) is 4.79 Å². The van der Waals surface area contributed by atoms with E-state index in [1.165, 1.54) is 13.2 Å². The summed E-state index contributed by atoms with van der Waals surface area (Å²) in [7, 11) is 3.16. The van der Waals surface area contributed by atoms with Crippen molar-refractivity contribution in [1.82, 2.24) is 4.90 Å². The monoisotopic (exact) mass is 259 g/mol. The first-order valence-electron chi connectivity index (χ1n) is 5.22. The molecule has 0 amide bonds. The highest BCUT2D eigenvalue weighted by Gasteiger charge is 2.08.